The quantitative estimate of drug-likeness (QED) is 0.878. The predicted molar refractivity (Wildman–Crippen MR) is 88.6 cm³/mol. The van der Waals surface area contributed by atoms with Crippen molar-refractivity contribution in [2.45, 2.75) is 46.6 Å². The summed E-state index contributed by atoms with van der Waals surface area (Å²) in [4.78, 5) is 0. The lowest BCUT2D eigenvalue weighted by atomic mass is 9.97. The highest BCUT2D eigenvalue weighted by molar-refractivity contribution is 5.32. The van der Waals surface area contributed by atoms with Gasteiger partial charge in [-0.3, -0.25) is 4.68 Å². The molecule has 114 valence electrons. The molecule has 1 aromatic carbocycles. The van der Waals surface area contributed by atoms with Gasteiger partial charge in [-0.1, -0.05) is 25.1 Å². The summed E-state index contributed by atoms with van der Waals surface area (Å²) in [5.74, 6) is 0. The SMILES string of the molecule is CCCNC(Cc1ccc(C)c(C)c1)c1cnn(C)c1C. The standard InChI is InChI=1S/C18H27N3/c1-6-9-19-18(17-12-20-21(5)15(17)4)11-16-8-7-13(2)14(3)10-16/h7-8,10,12,18-19H,6,9,11H2,1-5H3. The fourth-order valence-electron chi connectivity index (χ4n) is 2.63. The summed E-state index contributed by atoms with van der Waals surface area (Å²) in [5.41, 5.74) is 6.66. The van der Waals surface area contributed by atoms with Gasteiger partial charge in [-0.2, -0.15) is 5.10 Å². The minimum atomic E-state index is 0.334. The Hall–Kier alpha value is -1.61. The van der Waals surface area contributed by atoms with Gasteiger partial charge < -0.3 is 5.32 Å². The van der Waals surface area contributed by atoms with Crippen molar-refractivity contribution in [3.63, 3.8) is 0 Å². The van der Waals surface area contributed by atoms with Gasteiger partial charge in [0.1, 0.15) is 0 Å². The van der Waals surface area contributed by atoms with Gasteiger partial charge in [0, 0.05) is 24.3 Å². The van der Waals surface area contributed by atoms with Crippen LogP contribution in [0.3, 0.4) is 0 Å². The van der Waals surface area contributed by atoms with Crippen molar-refractivity contribution < 1.29 is 0 Å². The number of hydrogen-bond donors (Lipinski definition) is 1. The highest BCUT2D eigenvalue weighted by Gasteiger charge is 2.16. The molecule has 0 spiro atoms. The van der Waals surface area contributed by atoms with Gasteiger partial charge >= 0.3 is 0 Å². The highest BCUT2D eigenvalue weighted by Crippen LogP contribution is 2.22. The molecule has 3 nitrogen and oxygen atoms in total. The molecule has 0 saturated carbocycles. The van der Waals surface area contributed by atoms with Crippen LogP contribution in [0.5, 0.6) is 0 Å². The highest BCUT2D eigenvalue weighted by atomic mass is 15.3. The summed E-state index contributed by atoms with van der Waals surface area (Å²) >= 11 is 0. The number of nitrogens with one attached hydrogen (secondary N) is 1. The molecule has 0 aliphatic heterocycles. The van der Waals surface area contributed by atoms with Crippen molar-refractivity contribution in [2.24, 2.45) is 7.05 Å². The monoisotopic (exact) mass is 285 g/mol. The van der Waals surface area contributed by atoms with Crippen molar-refractivity contribution in [3.05, 3.63) is 52.3 Å². The molecule has 0 saturated heterocycles. The van der Waals surface area contributed by atoms with Gasteiger partial charge in [0.05, 0.1) is 6.20 Å². The number of benzene rings is 1. The summed E-state index contributed by atoms with van der Waals surface area (Å²) in [7, 11) is 2.01. The smallest absolute Gasteiger partial charge is 0.0540 e. The normalized spacial score (nSPS) is 12.6. The van der Waals surface area contributed by atoms with Gasteiger partial charge in [0.2, 0.25) is 0 Å². The van der Waals surface area contributed by atoms with E-state index >= 15 is 0 Å². The van der Waals surface area contributed by atoms with Crippen molar-refractivity contribution in [1.29, 1.82) is 0 Å². The number of aryl methyl sites for hydroxylation is 3. The van der Waals surface area contributed by atoms with E-state index in [1.165, 1.54) is 27.9 Å². The van der Waals surface area contributed by atoms with Crippen LogP contribution in [-0.2, 0) is 13.5 Å². The third-order valence-corrected chi connectivity index (χ3v) is 4.30. The second-order valence-corrected chi connectivity index (χ2v) is 5.94. The van der Waals surface area contributed by atoms with E-state index in [1.54, 1.807) is 0 Å². The Balaban J connectivity index is 2.23. The zero-order chi connectivity index (χ0) is 15.4. The second-order valence-electron chi connectivity index (χ2n) is 5.94. The zero-order valence-electron chi connectivity index (χ0n) is 13.9. The first-order valence-corrected chi connectivity index (χ1v) is 7.81. The van der Waals surface area contributed by atoms with Crippen LogP contribution in [0.25, 0.3) is 0 Å². The summed E-state index contributed by atoms with van der Waals surface area (Å²) in [6, 6.07) is 7.11. The number of aromatic nitrogens is 2. The zero-order valence-corrected chi connectivity index (χ0v) is 13.9. The van der Waals surface area contributed by atoms with E-state index in [0.29, 0.717) is 6.04 Å². The molecule has 1 unspecified atom stereocenters. The van der Waals surface area contributed by atoms with Crippen molar-refractivity contribution in [1.82, 2.24) is 15.1 Å². The second kappa shape index (κ2) is 6.90. The van der Waals surface area contributed by atoms with Gasteiger partial charge in [-0.25, -0.2) is 0 Å². The molecular formula is C18H27N3. The van der Waals surface area contributed by atoms with E-state index in [2.05, 4.69) is 56.3 Å². The van der Waals surface area contributed by atoms with E-state index in [-0.39, 0.29) is 0 Å². The maximum atomic E-state index is 4.40. The Kier molecular flexibility index (Phi) is 5.18. The summed E-state index contributed by atoms with van der Waals surface area (Å²) < 4.78 is 1.95. The van der Waals surface area contributed by atoms with Crippen molar-refractivity contribution >= 4 is 0 Å². The molecule has 0 aliphatic rings. The van der Waals surface area contributed by atoms with Gasteiger partial charge in [-0.15, -0.1) is 0 Å². The van der Waals surface area contributed by atoms with Crippen molar-refractivity contribution in [2.75, 3.05) is 6.54 Å². The lowest BCUT2D eigenvalue weighted by Gasteiger charge is -2.19. The van der Waals surface area contributed by atoms with E-state index in [9.17, 15) is 0 Å². The van der Waals surface area contributed by atoms with E-state index < -0.39 is 0 Å². The topological polar surface area (TPSA) is 29.9 Å². The average Bonchev–Trinajstić information content (AvgIpc) is 2.79. The van der Waals surface area contributed by atoms with Gasteiger partial charge in [0.15, 0.2) is 0 Å². The number of nitrogens with zero attached hydrogens (tertiary/aromatic N) is 2. The lowest BCUT2D eigenvalue weighted by molar-refractivity contribution is 0.526. The Morgan fingerprint density at radius 2 is 1.95 bits per heavy atom. The minimum Gasteiger partial charge on any atom is -0.310 e. The van der Waals surface area contributed by atoms with E-state index in [0.717, 1.165) is 19.4 Å². The molecule has 21 heavy (non-hydrogen) atoms. The van der Waals surface area contributed by atoms with Crippen LogP contribution in [-0.4, -0.2) is 16.3 Å². The van der Waals surface area contributed by atoms with Crippen LogP contribution in [0.15, 0.2) is 24.4 Å². The fourth-order valence-corrected chi connectivity index (χ4v) is 2.63. The lowest BCUT2D eigenvalue weighted by Crippen LogP contribution is -2.24. The molecular weight excluding hydrogens is 258 g/mol. The molecule has 2 rings (SSSR count). The van der Waals surface area contributed by atoms with Crippen molar-refractivity contribution in [3.8, 4) is 0 Å². The Morgan fingerprint density at radius 3 is 2.52 bits per heavy atom. The molecule has 0 radical (unpaired) electrons. The van der Waals surface area contributed by atoms with Crippen LogP contribution < -0.4 is 5.32 Å². The first-order valence-electron chi connectivity index (χ1n) is 7.81. The van der Waals surface area contributed by atoms with Crippen LogP contribution in [0, 0.1) is 20.8 Å². The first kappa shape index (κ1) is 15.8. The number of hydrogen-bond acceptors (Lipinski definition) is 2. The molecule has 0 aliphatic carbocycles. The van der Waals surface area contributed by atoms with Crippen LogP contribution in [0.4, 0.5) is 0 Å². The minimum absolute atomic E-state index is 0.334. The Bertz CT molecular complexity index is 599. The maximum absolute atomic E-state index is 4.40. The van der Waals surface area contributed by atoms with Gasteiger partial charge in [0.25, 0.3) is 0 Å². The average molecular weight is 285 g/mol. The molecule has 0 amide bonds. The number of rotatable bonds is 6. The molecule has 1 N–H and O–H groups in total. The summed E-state index contributed by atoms with van der Waals surface area (Å²) in [6.07, 6.45) is 4.15. The summed E-state index contributed by atoms with van der Waals surface area (Å²) in [6.45, 7) is 9.73. The fraction of sp³-hybridized carbons (Fsp3) is 0.500. The van der Waals surface area contributed by atoms with Crippen LogP contribution in [0.2, 0.25) is 0 Å². The maximum Gasteiger partial charge on any atom is 0.0540 e. The summed E-state index contributed by atoms with van der Waals surface area (Å²) in [5, 5.41) is 8.06. The molecule has 3 heteroatoms. The first-order chi connectivity index (χ1) is 10.0. The third-order valence-electron chi connectivity index (χ3n) is 4.30. The third kappa shape index (κ3) is 3.73. The molecule has 2 aromatic rings. The molecule has 0 fully saturated rings. The molecule has 1 aromatic heterocycles. The van der Waals surface area contributed by atoms with Crippen LogP contribution in [0.1, 0.15) is 47.3 Å². The predicted octanol–water partition coefficient (Wildman–Crippen LogP) is 3.63. The molecule has 1 heterocycles. The van der Waals surface area contributed by atoms with Gasteiger partial charge in [-0.05, 0) is 56.8 Å². The Morgan fingerprint density at radius 1 is 1.19 bits per heavy atom. The largest absolute Gasteiger partial charge is 0.310 e. The van der Waals surface area contributed by atoms with E-state index in [1.807, 2.05) is 17.9 Å². The van der Waals surface area contributed by atoms with E-state index in [4.69, 9.17) is 0 Å². The Labute approximate surface area is 128 Å². The molecule has 1 atom stereocenters. The van der Waals surface area contributed by atoms with Crippen LogP contribution >= 0.6 is 0 Å². The molecule has 0 bridgehead atoms.